The molecule has 5 aromatic rings. The Morgan fingerprint density at radius 2 is 0.941 bits per heavy atom. The Morgan fingerprint density at radius 3 is 1.39 bits per heavy atom. The van der Waals surface area contributed by atoms with Crippen LogP contribution in [0.25, 0.3) is 0 Å². The smallest absolute Gasteiger partial charge is 0.200 e. The van der Waals surface area contributed by atoms with Gasteiger partial charge in [0.25, 0.3) is 0 Å². The van der Waals surface area contributed by atoms with Gasteiger partial charge < -0.3 is 70.7 Å². The number of methoxy groups -OCH3 is 5. The zero-order chi connectivity index (χ0) is 60.3. The highest BCUT2D eigenvalue weighted by atomic mass is 28.4. The van der Waals surface area contributed by atoms with Crippen molar-refractivity contribution < 1.29 is 70.7 Å². The quantitative estimate of drug-likeness (QED) is 0.0318. The molecule has 0 amide bonds. The Labute approximate surface area is 506 Å². The number of hydrogen-bond acceptors (Lipinski definition) is 15. The van der Waals surface area contributed by atoms with Crippen LogP contribution in [-0.2, 0) is 80.1 Å². The molecule has 85 heavy (non-hydrogen) atoms. The van der Waals surface area contributed by atoms with Crippen molar-refractivity contribution in [1.82, 2.24) is 0 Å². The maximum atomic E-state index is 8.00. The van der Waals surface area contributed by atoms with E-state index in [1.54, 1.807) is 35.5 Å². The highest BCUT2D eigenvalue weighted by Gasteiger charge is 2.57. The van der Waals surface area contributed by atoms with Crippen LogP contribution in [0, 0.1) is 0 Å². The van der Waals surface area contributed by atoms with Crippen LogP contribution < -0.4 is 23.7 Å². The largest absolute Gasteiger partial charge is 0.497 e. The topological polar surface area (TPSA) is 138 Å². The second kappa shape index (κ2) is 32.0. The fourth-order valence-corrected chi connectivity index (χ4v) is 17.9. The highest BCUT2D eigenvalue weighted by molar-refractivity contribution is 6.77. The molecule has 2 saturated heterocycles. The predicted molar refractivity (Wildman–Crippen MR) is 330 cm³/mol. The van der Waals surface area contributed by atoms with Gasteiger partial charge in [0.2, 0.25) is 8.32 Å². The van der Waals surface area contributed by atoms with E-state index in [0.29, 0.717) is 65.3 Å². The van der Waals surface area contributed by atoms with Crippen LogP contribution in [0.3, 0.4) is 0 Å². The zero-order valence-corrected chi connectivity index (χ0v) is 53.2. The molecule has 10 atom stereocenters. The van der Waals surface area contributed by atoms with Crippen LogP contribution in [0.5, 0.6) is 28.7 Å². The van der Waals surface area contributed by atoms with Crippen LogP contribution in [-0.4, -0.2) is 124 Å². The van der Waals surface area contributed by atoms with Gasteiger partial charge in [-0.15, -0.1) is 0 Å². The van der Waals surface area contributed by atoms with Crippen molar-refractivity contribution in [3.8, 4) is 28.7 Å². The maximum Gasteiger partial charge on any atom is 0.200 e. The summed E-state index contributed by atoms with van der Waals surface area (Å²) >= 11 is 0. The summed E-state index contributed by atoms with van der Waals surface area (Å²) in [5.74, 6) is 3.90. The molecular formula is C69H94O15Si. The van der Waals surface area contributed by atoms with Crippen LogP contribution >= 0.6 is 0 Å². The third-order valence-electron chi connectivity index (χ3n) is 17.1. The van der Waals surface area contributed by atoms with E-state index < -0.39 is 56.8 Å². The van der Waals surface area contributed by atoms with E-state index in [9.17, 15) is 0 Å². The van der Waals surface area contributed by atoms with Gasteiger partial charge in [0, 0.05) is 12.8 Å². The molecular weight excluding hydrogens is 1100 g/mol. The van der Waals surface area contributed by atoms with Crippen molar-refractivity contribution in [2.24, 2.45) is 0 Å². The number of rotatable bonds is 30. The molecule has 0 spiro atoms. The van der Waals surface area contributed by atoms with E-state index >= 15 is 0 Å². The molecule has 3 heterocycles. The van der Waals surface area contributed by atoms with Crippen LogP contribution in [0.4, 0.5) is 0 Å². The molecule has 0 radical (unpaired) electrons. The lowest BCUT2D eigenvalue weighted by Gasteiger charge is -2.55. The van der Waals surface area contributed by atoms with E-state index in [1.165, 1.54) is 0 Å². The van der Waals surface area contributed by atoms with E-state index in [4.69, 9.17) is 70.7 Å². The van der Waals surface area contributed by atoms with Crippen LogP contribution in [0.15, 0.2) is 133 Å². The Hall–Kier alpha value is -5.34. The molecule has 464 valence electrons. The predicted octanol–water partition coefficient (Wildman–Crippen LogP) is 13.6. The van der Waals surface area contributed by atoms with E-state index in [-0.39, 0.29) is 42.0 Å². The number of ether oxygens (including phenoxy) is 14. The molecule has 0 aromatic heterocycles. The molecule has 0 aliphatic carbocycles. The van der Waals surface area contributed by atoms with E-state index in [0.717, 1.165) is 56.6 Å². The standard InChI is InChI=1S/C69H94O15Si/c1-47(2)85(48(3)4,49(5)6)84-67-38-63(79-43-53-22-32-58(73-11)33-23-53)65(46-76-41-51-18-28-56(71-9)29-19-51)83-69(67,7)66(80-44-54-24-34-59(74-12)35-25-54)39-68-77-37-36-62-61(82-68)15-13-14-60(78-42-52-20-30-57(72-10)31-21-52)64(81-62)45-75-40-50-16-26-55(70-8)27-17-50/h13,15-35,47-49,60-68H,14,36-46H2,1-12H3/t60-,61+,62-,63+,64+,65-,66-,67-,68?,69+/m1/s1. The van der Waals surface area contributed by atoms with Crippen LogP contribution in [0.2, 0.25) is 16.6 Å². The molecule has 0 N–H and O–H groups in total. The van der Waals surface area contributed by atoms with Gasteiger partial charge in [-0.05, 0) is 125 Å². The van der Waals surface area contributed by atoms with Crippen LogP contribution in [0.1, 0.15) is 102 Å². The summed E-state index contributed by atoms with van der Waals surface area (Å²) in [6, 6.07) is 39.7. The van der Waals surface area contributed by atoms with E-state index in [2.05, 4.69) is 60.6 Å². The minimum absolute atomic E-state index is 0.242. The Kier molecular flexibility index (Phi) is 24.7. The fraction of sp³-hybridized carbons (Fsp3) is 0.536. The van der Waals surface area contributed by atoms with Crippen molar-refractivity contribution >= 4 is 8.32 Å². The normalized spacial score (nSPS) is 24.1. The summed E-state index contributed by atoms with van der Waals surface area (Å²) in [5, 5.41) is 0. The molecule has 1 unspecified atom stereocenters. The van der Waals surface area contributed by atoms with Crippen molar-refractivity contribution in [2.45, 2.75) is 185 Å². The van der Waals surface area contributed by atoms with Gasteiger partial charge >= 0.3 is 0 Å². The van der Waals surface area contributed by atoms with Crippen molar-refractivity contribution in [3.05, 3.63) is 161 Å². The first-order chi connectivity index (χ1) is 41.2. The molecule has 0 saturated carbocycles. The second-order valence-electron chi connectivity index (χ2n) is 23.6. The molecule has 5 aromatic carbocycles. The summed E-state index contributed by atoms with van der Waals surface area (Å²) in [5.41, 5.74) is 4.79. The number of hydrogen-bond donors (Lipinski definition) is 0. The minimum Gasteiger partial charge on any atom is -0.497 e. The first kappa shape index (κ1) is 65.6. The fourth-order valence-electron chi connectivity index (χ4n) is 12.3. The maximum absolute atomic E-state index is 8.00. The molecule has 3 aliphatic heterocycles. The SMILES string of the molecule is COc1ccc(COC[C@@H]2O[C@@H]3CCOC(C[C@@H](OCc4ccc(OC)cc4)[C@]4(C)O[C@H](COCc5ccc(OC)cc5)[C@@H](OCc5ccc(OC)cc5)C[C@H]4O[Si](C(C)C)(C(C)C)C(C)C)O[C@H]3C=CC[C@H]2OCc2ccc(OC)cc2)cc1. The van der Waals surface area contributed by atoms with Gasteiger partial charge in [0.1, 0.15) is 52.7 Å². The monoisotopic (exact) mass is 1190 g/mol. The summed E-state index contributed by atoms with van der Waals surface area (Å²) in [6.07, 6.45) is 1.81. The molecule has 15 nitrogen and oxygen atoms in total. The summed E-state index contributed by atoms with van der Waals surface area (Å²) < 4.78 is 98.4. The zero-order valence-electron chi connectivity index (χ0n) is 52.2. The Bertz CT molecular complexity index is 2720. The average Bonchev–Trinajstić information content (AvgIpc) is 3.77. The first-order valence-corrected chi connectivity index (χ1v) is 32.4. The number of fused-ring (bicyclic) bond motifs is 1. The van der Waals surface area contributed by atoms with Gasteiger partial charge in [-0.1, -0.05) is 114 Å². The summed E-state index contributed by atoms with van der Waals surface area (Å²) in [4.78, 5) is 0. The van der Waals surface area contributed by atoms with Gasteiger partial charge in [0.15, 0.2) is 6.29 Å². The lowest BCUT2D eigenvalue weighted by atomic mass is 9.82. The Balaban J connectivity index is 1.11. The number of benzene rings is 5. The second-order valence-corrected chi connectivity index (χ2v) is 29.0. The highest BCUT2D eigenvalue weighted by Crippen LogP contribution is 2.48. The molecule has 2 fully saturated rings. The minimum atomic E-state index is -2.62. The molecule has 0 bridgehead atoms. The molecule has 8 rings (SSSR count). The third-order valence-corrected chi connectivity index (χ3v) is 23.2. The average molecular weight is 1190 g/mol. The lowest BCUT2D eigenvalue weighted by Crippen LogP contribution is -2.66. The molecule has 3 aliphatic rings. The first-order valence-electron chi connectivity index (χ1n) is 30.3. The van der Waals surface area contributed by atoms with Gasteiger partial charge in [-0.25, -0.2) is 0 Å². The lowest BCUT2D eigenvalue weighted by molar-refractivity contribution is -0.285. The van der Waals surface area contributed by atoms with Crippen molar-refractivity contribution in [1.29, 1.82) is 0 Å². The van der Waals surface area contributed by atoms with Crippen molar-refractivity contribution in [3.63, 3.8) is 0 Å². The van der Waals surface area contributed by atoms with Gasteiger partial charge in [-0.3, -0.25) is 0 Å². The third kappa shape index (κ3) is 17.7. The van der Waals surface area contributed by atoms with Crippen molar-refractivity contribution in [2.75, 3.05) is 55.4 Å². The van der Waals surface area contributed by atoms with Gasteiger partial charge in [0.05, 0.1) is 119 Å². The Morgan fingerprint density at radius 1 is 0.518 bits per heavy atom. The summed E-state index contributed by atoms with van der Waals surface area (Å²) in [7, 11) is 5.72. The van der Waals surface area contributed by atoms with E-state index in [1.807, 2.05) is 121 Å². The molecule has 16 heteroatoms. The van der Waals surface area contributed by atoms with Gasteiger partial charge in [-0.2, -0.15) is 0 Å². The summed E-state index contributed by atoms with van der Waals surface area (Å²) in [6.45, 7) is 18.7.